The van der Waals surface area contributed by atoms with Gasteiger partial charge in [0.25, 0.3) is 0 Å². The first-order valence-electron chi connectivity index (χ1n) is 7.98. The average Bonchev–Trinajstić information content (AvgIpc) is 2.53. The fourth-order valence-corrected chi connectivity index (χ4v) is 3.43. The molecule has 0 saturated carbocycles. The van der Waals surface area contributed by atoms with Gasteiger partial charge in [-0.2, -0.15) is 0 Å². The minimum atomic E-state index is 0.517. The maximum atomic E-state index is 6.14. The summed E-state index contributed by atoms with van der Waals surface area (Å²) in [5.41, 5.74) is 2.57. The quantitative estimate of drug-likeness (QED) is 0.903. The van der Waals surface area contributed by atoms with E-state index in [2.05, 4.69) is 59.6 Å². The summed E-state index contributed by atoms with van der Waals surface area (Å²) in [6, 6.07) is 19.3. The van der Waals surface area contributed by atoms with Crippen molar-refractivity contribution in [1.82, 2.24) is 5.32 Å². The van der Waals surface area contributed by atoms with Crippen molar-refractivity contribution < 1.29 is 0 Å². The zero-order valence-electron chi connectivity index (χ0n) is 13.0. The molecule has 1 N–H and O–H groups in total. The lowest BCUT2D eigenvalue weighted by Crippen LogP contribution is -2.48. The molecule has 0 aromatic heterocycles. The summed E-state index contributed by atoms with van der Waals surface area (Å²) in [4.78, 5) is 2.45. The molecule has 2 atom stereocenters. The Kier molecular flexibility index (Phi) is 5.01. The zero-order valence-corrected chi connectivity index (χ0v) is 13.8. The number of anilines is 1. The number of nitrogens with zero attached hydrogens (tertiary/aromatic N) is 1. The van der Waals surface area contributed by atoms with Gasteiger partial charge in [0.2, 0.25) is 0 Å². The largest absolute Gasteiger partial charge is 0.370 e. The molecule has 0 amide bonds. The second-order valence-corrected chi connectivity index (χ2v) is 6.73. The number of nitrogens with one attached hydrogen (secondary N) is 1. The molecule has 2 unspecified atom stereocenters. The van der Waals surface area contributed by atoms with Gasteiger partial charge in [-0.3, -0.25) is 0 Å². The van der Waals surface area contributed by atoms with Gasteiger partial charge in [0.05, 0.1) is 0 Å². The van der Waals surface area contributed by atoms with Crippen LogP contribution in [0.25, 0.3) is 0 Å². The van der Waals surface area contributed by atoms with Crippen LogP contribution in [0.1, 0.15) is 18.9 Å². The zero-order chi connectivity index (χ0) is 15.4. The molecule has 3 heteroatoms. The molecule has 2 aromatic carbocycles. The first kappa shape index (κ1) is 15.4. The van der Waals surface area contributed by atoms with Crippen LogP contribution in [0.4, 0.5) is 5.69 Å². The third-order valence-corrected chi connectivity index (χ3v) is 4.51. The number of benzene rings is 2. The predicted molar refractivity (Wildman–Crippen MR) is 94.5 cm³/mol. The van der Waals surface area contributed by atoms with Gasteiger partial charge < -0.3 is 10.2 Å². The Hall–Kier alpha value is -1.51. The molecule has 0 bridgehead atoms. The maximum Gasteiger partial charge on any atom is 0.0426 e. The van der Waals surface area contributed by atoms with Crippen LogP contribution in [0.5, 0.6) is 0 Å². The predicted octanol–water partition coefficient (Wildman–Crippen LogP) is 4.34. The molecule has 1 saturated heterocycles. The van der Waals surface area contributed by atoms with Crippen LogP contribution in [0.3, 0.4) is 0 Å². The van der Waals surface area contributed by atoms with E-state index in [0.29, 0.717) is 12.0 Å². The number of hydrogen-bond acceptors (Lipinski definition) is 2. The van der Waals surface area contributed by atoms with Crippen LogP contribution in [0.2, 0.25) is 5.02 Å². The lowest BCUT2D eigenvalue weighted by Gasteiger charge is -2.38. The minimum absolute atomic E-state index is 0.517. The molecule has 22 heavy (non-hydrogen) atoms. The Morgan fingerprint density at radius 1 is 1.09 bits per heavy atom. The topological polar surface area (TPSA) is 15.3 Å². The van der Waals surface area contributed by atoms with Crippen LogP contribution in [0.15, 0.2) is 54.6 Å². The Balaban J connectivity index is 1.63. The molecule has 116 valence electrons. The van der Waals surface area contributed by atoms with Crippen molar-refractivity contribution in [1.29, 1.82) is 0 Å². The summed E-state index contributed by atoms with van der Waals surface area (Å²) < 4.78 is 0. The summed E-state index contributed by atoms with van der Waals surface area (Å²) in [6.07, 6.45) is 1.23. The highest BCUT2D eigenvalue weighted by Gasteiger charge is 2.24. The van der Waals surface area contributed by atoms with Crippen LogP contribution >= 0.6 is 11.6 Å². The van der Waals surface area contributed by atoms with Gasteiger partial charge in [-0.1, -0.05) is 54.9 Å². The van der Waals surface area contributed by atoms with E-state index in [0.717, 1.165) is 24.7 Å². The molecule has 3 rings (SSSR count). The molecule has 0 aliphatic carbocycles. The Bertz CT molecular complexity index is 599. The summed E-state index contributed by atoms with van der Waals surface area (Å²) >= 11 is 6.14. The Labute approximate surface area is 138 Å². The third kappa shape index (κ3) is 4.02. The summed E-state index contributed by atoms with van der Waals surface area (Å²) in [5.74, 6) is 0.681. The average molecular weight is 315 g/mol. The molecule has 1 heterocycles. The first-order chi connectivity index (χ1) is 10.7. The van der Waals surface area contributed by atoms with E-state index in [4.69, 9.17) is 11.6 Å². The van der Waals surface area contributed by atoms with E-state index in [1.165, 1.54) is 17.7 Å². The maximum absolute atomic E-state index is 6.14. The van der Waals surface area contributed by atoms with Crippen molar-refractivity contribution in [3.63, 3.8) is 0 Å². The SMILES string of the molecule is CC1CC(NCc2ccccc2)CN(c2cccc(Cl)c2)C1. The van der Waals surface area contributed by atoms with Gasteiger partial charge >= 0.3 is 0 Å². The highest BCUT2D eigenvalue weighted by molar-refractivity contribution is 6.30. The van der Waals surface area contributed by atoms with E-state index in [-0.39, 0.29) is 0 Å². The number of piperidine rings is 1. The van der Waals surface area contributed by atoms with Gasteiger partial charge in [0.15, 0.2) is 0 Å². The fraction of sp³-hybridized carbons (Fsp3) is 0.368. The number of halogens is 1. The first-order valence-corrected chi connectivity index (χ1v) is 8.36. The summed E-state index contributed by atoms with van der Waals surface area (Å²) in [7, 11) is 0. The van der Waals surface area contributed by atoms with E-state index in [1.54, 1.807) is 0 Å². The van der Waals surface area contributed by atoms with Crippen LogP contribution in [-0.2, 0) is 6.54 Å². The molecular formula is C19H23ClN2. The van der Waals surface area contributed by atoms with Crippen molar-refractivity contribution in [2.75, 3.05) is 18.0 Å². The lowest BCUT2D eigenvalue weighted by molar-refractivity contribution is 0.350. The monoisotopic (exact) mass is 314 g/mol. The highest BCUT2D eigenvalue weighted by Crippen LogP contribution is 2.25. The standard InChI is InChI=1S/C19H23ClN2/c1-15-10-18(21-12-16-6-3-2-4-7-16)14-22(13-15)19-9-5-8-17(20)11-19/h2-9,11,15,18,21H,10,12-14H2,1H3. The lowest BCUT2D eigenvalue weighted by atomic mass is 9.95. The minimum Gasteiger partial charge on any atom is -0.370 e. The Morgan fingerprint density at radius 3 is 2.68 bits per heavy atom. The smallest absolute Gasteiger partial charge is 0.0426 e. The number of rotatable bonds is 4. The summed E-state index contributed by atoms with van der Waals surface area (Å²) in [6.45, 7) is 5.40. The van der Waals surface area contributed by atoms with Gasteiger partial charge in [0.1, 0.15) is 0 Å². The van der Waals surface area contributed by atoms with E-state index in [1.807, 2.05) is 12.1 Å². The van der Waals surface area contributed by atoms with E-state index in [9.17, 15) is 0 Å². The van der Waals surface area contributed by atoms with Gasteiger partial charge in [-0.05, 0) is 36.1 Å². The molecule has 2 aromatic rings. The summed E-state index contributed by atoms with van der Waals surface area (Å²) in [5, 5.41) is 4.52. The normalized spacial score (nSPS) is 21.8. The highest BCUT2D eigenvalue weighted by atomic mass is 35.5. The van der Waals surface area contributed by atoms with Crippen LogP contribution in [0, 0.1) is 5.92 Å². The third-order valence-electron chi connectivity index (χ3n) is 4.27. The van der Waals surface area contributed by atoms with Crippen molar-refractivity contribution >= 4 is 17.3 Å². The van der Waals surface area contributed by atoms with Crippen molar-refractivity contribution in [3.8, 4) is 0 Å². The molecule has 2 nitrogen and oxygen atoms in total. The van der Waals surface area contributed by atoms with Gasteiger partial charge in [-0.15, -0.1) is 0 Å². The molecule has 0 radical (unpaired) electrons. The molecule has 1 fully saturated rings. The molecule has 1 aliphatic rings. The Morgan fingerprint density at radius 2 is 1.91 bits per heavy atom. The molecule has 1 aliphatic heterocycles. The van der Waals surface area contributed by atoms with Gasteiger partial charge in [-0.25, -0.2) is 0 Å². The van der Waals surface area contributed by atoms with Crippen molar-refractivity contribution in [2.45, 2.75) is 25.9 Å². The van der Waals surface area contributed by atoms with Crippen LogP contribution < -0.4 is 10.2 Å². The van der Waals surface area contributed by atoms with E-state index >= 15 is 0 Å². The van der Waals surface area contributed by atoms with Crippen LogP contribution in [-0.4, -0.2) is 19.1 Å². The second-order valence-electron chi connectivity index (χ2n) is 6.29. The fourth-order valence-electron chi connectivity index (χ4n) is 3.24. The number of hydrogen-bond donors (Lipinski definition) is 1. The molecule has 0 spiro atoms. The van der Waals surface area contributed by atoms with Crippen molar-refractivity contribution in [2.24, 2.45) is 5.92 Å². The van der Waals surface area contributed by atoms with E-state index < -0.39 is 0 Å². The van der Waals surface area contributed by atoms with Crippen molar-refractivity contribution in [3.05, 3.63) is 65.2 Å². The van der Waals surface area contributed by atoms with Gasteiger partial charge in [0, 0.05) is 36.4 Å². The second kappa shape index (κ2) is 7.17. The molecular weight excluding hydrogens is 292 g/mol.